The fourth-order valence-electron chi connectivity index (χ4n) is 0.921. The van der Waals surface area contributed by atoms with Crippen LogP contribution in [-0.4, -0.2) is 15.5 Å². The Bertz CT molecular complexity index is 369. The van der Waals surface area contributed by atoms with Gasteiger partial charge in [0, 0.05) is 10.7 Å². The SMILES string of the molecule is COc1ccc(CS(=O)(=O)Cl)cc1. The van der Waals surface area contributed by atoms with E-state index in [1.807, 2.05) is 0 Å². The van der Waals surface area contributed by atoms with Crippen LogP contribution in [-0.2, 0) is 14.8 Å². The first-order valence-electron chi connectivity index (χ1n) is 3.56. The minimum atomic E-state index is -3.47. The summed E-state index contributed by atoms with van der Waals surface area (Å²) < 4.78 is 26.3. The molecule has 0 atom stereocenters. The molecule has 0 aliphatic heterocycles. The summed E-state index contributed by atoms with van der Waals surface area (Å²) in [6, 6.07) is 6.71. The third-order valence-electron chi connectivity index (χ3n) is 1.50. The van der Waals surface area contributed by atoms with E-state index < -0.39 is 9.05 Å². The summed E-state index contributed by atoms with van der Waals surface area (Å²) in [5.74, 6) is 0.536. The van der Waals surface area contributed by atoms with Gasteiger partial charge in [0.25, 0.3) is 0 Å². The van der Waals surface area contributed by atoms with E-state index in [0.717, 1.165) is 0 Å². The molecule has 0 fully saturated rings. The molecule has 0 N–H and O–H groups in total. The lowest BCUT2D eigenvalue weighted by Crippen LogP contribution is -1.94. The van der Waals surface area contributed by atoms with Crippen molar-refractivity contribution in [3.05, 3.63) is 29.8 Å². The standard InChI is InChI=1S/C8H9ClO3S/c1-12-8-4-2-7(3-5-8)6-13(9,10)11/h2-5H,6H2,1H3. The van der Waals surface area contributed by atoms with Gasteiger partial charge in [0.15, 0.2) is 0 Å². The van der Waals surface area contributed by atoms with E-state index in [1.165, 1.54) is 0 Å². The van der Waals surface area contributed by atoms with Gasteiger partial charge < -0.3 is 4.74 Å². The van der Waals surface area contributed by atoms with Crippen LogP contribution in [0, 0.1) is 0 Å². The van der Waals surface area contributed by atoms with Crippen molar-refractivity contribution in [3.63, 3.8) is 0 Å². The van der Waals surface area contributed by atoms with Gasteiger partial charge in [-0.3, -0.25) is 0 Å². The highest BCUT2D eigenvalue weighted by molar-refractivity contribution is 8.13. The van der Waals surface area contributed by atoms with Crippen LogP contribution in [0.5, 0.6) is 5.75 Å². The Labute approximate surface area is 81.7 Å². The zero-order valence-electron chi connectivity index (χ0n) is 7.03. The maximum Gasteiger partial charge on any atom is 0.236 e. The Morgan fingerprint density at radius 2 is 1.85 bits per heavy atom. The molecule has 0 spiro atoms. The summed E-state index contributed by atoms with van der Waals surface area (Å²) in [6.07, 6.45) is 0. The van der Waals surface area contributed by atoms with Gasteiger partial charge in [-0.1, -0.05) is 12.1 Å². The van der Waals surface area contributed by atoms with Crippen molar-refractivity contribution in [1.29, 1.82) is 0 Å². The number of methoxy groups -OCH3 is 1. The van der Waals surface area contributed by atoms with Crippen LogP contribution in [0.2, 0.25) is 0 Å². The Balaban J connectivity index is 2.81. The second-order valence-electron chi connectivity index (χ2n) is 2.53. The highest BCUT2D eigenvalue weighted by Gasteiger charge is 2.06. The summed E-state index contributed by atoms with van der Waals surface area (Å²) in [4.78, 5) is 0. The predicted molar refractivity (Wildman–Crippen MR) is 51.5 cm³/mol. The van der Waals surface area contributed by atoms with Crippen LogP contribution in [0.3, 0.4) is 0 Å². The molecule has 0 aromatic heterocycles. The maximum atomic E-state index is 10.7. The topological polar surface area (TPSA) is 43.4 Å². The van der Waals surface area contributed by atoms with Crippen molar-refractivity contribution in [3.8, 4) is 5.75 Å². The third kappa shape index (κ3) is 3.65. The Morgan fingerprint density at radius 3 is 2.23 bits per heavy atom. The fourth-order valence-corrected chi connectivity index (χ4v) is 1.89. The Kier molecular flexibility index (Phi) is 3.17. The fraction of sp³-hybridized carbons (Fsp3) is 0.250. The van der Waals surface area contributed by atoms with Crippen LogP contribution in [0.1, 0.15) is 5.56 Å². The number of hydrogen-bond donors (Lipinski definition) is 0. The first kappa shape index (κ1) is 10.3. The molecule has 0 unspecified atom stereocenters. The zero-order chi connectivity index (χ0) is 9.90. The molecule has 0 aliphatic rings. The first-order valence-corrected chi connectivity index (χ1v) is 6.04. The maximum absolute atomic E-state index is 10.7. The second-order valence-corrected chi connectivity index (χ2v) is 5.31. The largest absolute Gasteiger partial charge is 0.497 e. The predicted octanol–water partition coefficient (Wildman–Crippen LogP) is 1.76. The summed E-state index contributed by atoms with van der Waals surface area (Å²) >= 11 is 0. The number of halogens is 1. The molecular weight excluding hydrogens is 212 g/mol. The van der Waals surface area contributed by atoms with Crippen molar-refractivity contribution >= 4 is 19.7 Å². The van der Waals surface area contributed by atoms with E-state index in [9.17, 15) is 8.42 Å². The molecule has 1 aromatic rings. The summed E-state index contributed by atoms with van der Waals surface area (Å²) in [5, 5.41) is 0. The van der Waals surface area contributed by atoms with Crippen LogP contribution in [0.4, 0.5) is 0 Å². The number of ether oxygens (including phenoxy) is 1. The van der Waals surface area contributed by atoms with E-state index in [0.29, 0.717) is 11.3 Å². The molecular formula is C8H9ClO3S. The molecule has 0 aliphatic carbocycles. The molecule has 5 heteroatoms. The van der Waals surface area contributed by atoms with Crippen molar-refractivity contribution < 1.29 is 13.2 Å². The summed E-state index contributed by atoms with van der Waals surface area (Å²) in [7, 11) is 3.17. The van der Waals surface area contributed by atoms with Gasteiger partial charge in [-0.25, -0.2) is 8.42 Å². The molecule has 0 amide bonds. The van der Waals surface area contributed by atoms with Crippen LogP contribution in [0.15, 0.2) is 24.3 Å². The highest BCUT2D eigenvalue weighted by atomic mass is 35.7. The number of benzene rings is 1. The highest BCUT2D eigenvalue weighted by Crippen LogP contribution is 2.14. The Hall–Kier alpha value is -0.740. The molecule has 13 heavy (non-hydrogen) atoms. The van der Waals surface area contributed by atoms with Crippen molar-refractivity contribution in [2.24, 2.45) is 0 Å². The van der Waals surface area contributed by atoms with Gasteiger partial charge in [0.2, 0.25) is 9.05 Å². The van der Waals surface area contributed by atoms with Crippen LogP contribution in [0.25, 0.3) is 0 Å². The normalized spacial score (nSPS) is 11.2. The van der Waals surface area contributed by atoms with Crippen LogP contribution < -0.4 is 4.74 Å². The van der Waals surface area contributed by atoms with Gasteiger partial charge in [0.1, 0.15) is 5.75 Å². The van der Waals surface area contributed by atoms with Crippen molar-refractivity contribution in [1.82, 2.24) is 0 Å². The molecule has 0 heterocycles. The van der Waals surface area contributed by atoms with E-state index in [1.54, 1.807) is 31.4 Å². The average molecular weight is 221 g/mol. The van der Waals surface area contributed by atoms with Gasteiger partial charge in [-0.05, 0) is 17.7 Å². The van der Waals surface area contributed by atoms with Crippen molar-refractivity contribution in [2.75, 3.05) is 7.11 Å². The lowest BCUT2D eigenvalue weighted by molar-refractivity contribution is 0.414. The van der Waals surface area contributed by atoms with Gasteiger partial charge in [0.05, 0.1) is 12.9 Å². The summed E-state index contributed by atoms with van der Waals surface area (Å²) in [6.45, 7) is 0. The number of rotatable bonds is 3. The zero-order valence-corrected chi connectivity index (χ0v) is 8.60. The molecule has 1 aromatic carbocycles. The molecule has 0 bridgehead atoms. The summed E-state index contributed by atoms with van der Waals surface area (Å²) in [5.41, 5.74) is 0.649. The monoisotopic (exact) mass is 220 g/mol. The third-order valence-corrected chi connectivity index (χ3v) is 2.50. The average Bonchev–Trinajstić information content (AvgIpc) is 2.03. The lowest BCUT2D eigenvalue weighted by atomic mass is 10.2. The van der Waals surface area contributed by atoms with Crippen molar-refractivity contribution in [2.45, 2.75) is 5.75 Å². The van der Waals surface area contributed by atoms with Gasteiger partial charge in [-0.15, -0.1) is 0 Å². The number of hydrogen-bond acceptors (Lipinski definition) is 3. The minimum absolute atomic E-state index is 0.154. The van der Waals surface area contributed by atoms with Gasteiger partial charge >= 0.3 is 0 Å². The minimum Gasteiger partial charge on any atom is -0.497 e. The van der Waals surface area contributed by atoms with E-state index in [2.05, 4.69) is 0 Å². The first-order chi connectivity index (χ1) is 6.01. The van der Waals surface area contributed by atoms with Crippen LogP contribution >= 0.6 is 10.7 Å². The van der Waals surface area contributed by atoms with E-state index in [-0.39, 0.29) is 5.75 Å². The smallest absolute Gasteiger partial charge is 0.236 e. The van der Waals surface area contributed by atoms with Gasteiger partial charge in [-0.2, -0.15) is 0 Å². The lowest BCUT2D eigenvalue weighted by Gasteiger charge is -2.00. The quantitative estimate of drug-likeness (QED) is 0.730. The molecule has 3 nitrogen and oxygen atoms in total. The molecule has 1 rings (SSSR count). The van der Waals surface area contributed by atoms with E-state index in [4.69, 9.17) is 15.4 Å². The molecule has 0 saturated heterocycles. The Morgan fingerprint density at radius 1 is 1.31 bits per heavy atom. The molecule has 0 radical (unpaired) electrons. The molecule has 72 valence electrons. The molecule has 0 saturated carbocycles. The second kappa shape index (κ2) is 3.98. The van der Waals surface area contributed by atoms with E-state index >= 15 is 0 Å².